The second-order valence-corrected chi connectivity index (χ2v) is 7.64. The molecule has 0 aromatic heterocycles. The molecule has 1 fully saturated rings. The first kappa shape index (κ1) is 17.5. The maximum atomic E-state index is 12.6. The monoisotopic (exact) mass is 343 g/mol. The van der Waals surface area contributed by atoms with Gasteiger partial charge < -0.3 is 10.6 Å². The fourth-order valence-corrected chi connectivity index (χ4v) is 3.84. The lowest BCUT2D eigenvalue weighted by Gasteiger charge is -2.23. The van der Waals surface area contributed by atoms with Gasteiger partial charge >= 0.3 is 6.03 Å². The van der Waals surface area contributed by atoms with E-state index < -0.39 is 11.6 Å². The van der Waals surface area contributed by atoms with Crippen molar-refractivity contribution in [3.05, 3.63) is 29.3 Å². The SMILES string of the molecule is CC(C)C[C@@]1(C)NC(=O)N(CC(=O)Nc2ccc3c(c2)CCC3)C1=O. The van der Waals surface area contributed by atoms with E-state index in [9.17, 15) is 14.4 Å². The maximum Gasteiger partial charge on any atom is 0.325 e. The van der Waals surface area contributed by atoms with Gasteiger partial charge in [-0.15, -0.1) is 0 Å². The molecule has 1 aromatic rings. The van der Waals surface area contributed by atoms with Crippen molar-refractivity contribution in [3.8, 4) is 0 Å². The van der Waals surface area contributed by atoms with Crippen molar-refractivity contribution >= 4 is 23.5 Å². The van der Waals surface area contributed by atoms with Gasteiger partial charge in [0.2, 0.25) is 5.91 Å². The van der Waals surface area contributed by atoms with Gasteiger partial charge in [0.25, 0.3) is 5.91 Å². The Morgan fingerprint density at radius 1 is 1.28 bits per heavy atom. The average Bonchev–Trinajstić information content (AvgIpc) is 3.05. The minimum atomic E-state index is -0.931. The summed E-state index contributed by atoms with van der Waals surface area (Å²) in [6.07, 6.45) is 3.80. The van der Waals surface area contributed by atoms with Gasteiger partial charge in [0, 0.05) is 5.69 Å². The number of aryl methyl sites for hydroxylation is 2. The van der Waals surface area contributed by atoms with Crippen LogP contribution in [0.15, 0.2) is 18.2 Å². The van der Waals surface area contributed by atoms with Crippen LogP contribution in [0.1, 0.15) is 44.7 Å². The number of hydrogen-bond acceptors (Lipinski definition) is 3. The van der Waals surface area contributed by atoms with Gasteiger partial charge in [-0.2, -0.15) is 0 Å². The lowest BCUT2D eigenvalue weighted by atomic mass is 9.91. The molecule has 2 N–H and O–H groups in total. The van der Waals surface area contributed by atoms with Gasteiger partial charge in [0.05, 0.1) is 0 Å². The van der Waals surface area contributed by atoms with Crippen LogP contribution >= 0.6 is 0 Å². The molecular formula is C19H25N3O3. The predicted molar refractivity (Wildman–Crippen MR) is 95.2 cm³/mol. The molecule has 1 aliphatic heterocycles. The standard InChI is InChI=1S/C19H25N3O3/c1-12(2)10-19(3)17(24)22(18(25)21-19)11-16(23)20-15-8-7-13-5-4-6-14(13)9-15/h7-9,12H,4-6,10-11H2,1-3H3,(H,20,23)(H,21,25)/t19-/m1/s1. The Morgan fingerprint density at radius 3 is 2.72 bits per heavy atom. The second kappa shape index (κ2) is 6.50. The van der Waals surface area contributed by atoms with E-state index in [2.05, 4.69) is 10.6 Å². The first-order chi connectivity index (χ1) is 11.8. The molecule has 4 amide bonds. The van der Waals surface area contributed by atoms with Crippen LogP contribution < -0.4 is 10.6 Å². The minimum absolute atomic E-state index is 0.259. The topological polar surface area (TPSA) is 78.5 Å². The lowest BCUT2D eigenvalue weighted by molar-refractivity contribution is -0.133. The summed E-state index contributed by atoms with van der Waals surface area (Å²) in [5.41, 5.74) is 2.37. The summed E-state index contributed by atoms with van der Waals surface area (Å²) in [6.45, 7) is 5.43. The fraction of sp³-hybridized carbons (Fsp3) is 0.526. The molecule has 6 heteroatoms. The molecule has 2 aliphatic rings. The fourth-order valence-electron chi connectivity index (χ4n) is 3.84. The number of carbonyl (C=O) groups excluding carboxylic acids is 3. The number of rotatable bonds is 5. The van der Waals surface area contributed by atoms with Crippen molar-refractivity contribution in [3.63, 3.8) is 0 Å². The predicted octanol–water partition coefficient (Wildman–Crippen LogP) is 2.47. The van der Waals surface area contributed by atoms with Gasteiger partial charge in [-0.05, 0) is 61.8 Å². The van der Waals surface area contributed by atoms with E-state index >= 15 is 0 Å². The highest BCUT2D eigenvalue weighted by atomic mass is 16.2. The summed E-state index contributed by atoms with van der Waals surface area (Å²) in [7, 11) is 0. The molecule has 1 atom stereocenters. The van der Waals surface area contributed by atoms with Crippen LogP contribution in [0.25, 0.3) is 0 Å². The molecule has 3 rings (SSSR count). The Balaban J connectivity index is 1.64. The van der Waals surface area contributed by atoms with Gasteiger partial charge in [-0.1, -0.05) is 19.9 Å². The van der Waals surface area contributed by atoms with Crippen molar-refractivity contribution in [1.29, 1.82) is 0 Å². The van der Waals surface area contributed by atoms with E-state index in [0.29, 0.717) is 12.1 Å². The molecular weight excluding hydrogens is 318 g/mol. The number of urea groups is 1. The highest BCUT2D eigenvalue weighted by Crippen LogP contribution is 2.26. The van der Waals surface area contributed by atoms with Crippen LogP contribution in [0.5, 0.6) is 0 Å². The van der Waals surface area contributed by atoms with Crippen molar-refractivity contribution in [1.82, 2.24) is 10.2 Å². The molecule has 0 spiro atoms. The summed E-state index contributed by atoms with van der Waals surface area (Å²) < 4.78 is 0. The molecule has 25 heavy (non-hydrogen) atoms. The van der Waals surface area contributed by atoms with E-state index in [4.69, 9.17) is 0 Å². The zero-order chi connectivity index (χ0) is 18.2. The first-order valence-electron chi connectivity index (χ1n) is 8.84. The second-order valence-electron chi connectivity index (χ2n) is 7.64. The van der Waals surface area contributed by atoms with E-state index in [0.717, 1.165) is 24.2 Å². The van der Waals surface area contributed by atoms with Crippen molar-refractivity contribution < 1.29 is 14.4 Å². The highest BCUT2D eigenvalue weighted by molar-refractivity contribution is 6.09. The van der Waals surface area contributed by atoms with Crippen molar-refractivity contribution in [2.24, 2.45) is 5.92 Å². The van der Waals surface area contributed by atoms with E-state index in [-0.39, 0.29) is 24.3 Å². The van der Waals surface area contributed by atoms with Crippen LogP contribution in [0.4, 0.5) is 10.5 Å². The summed E-state index contributed by atoms with van der Waals surface area (Å²) in [6, 6.07) is 5.38. The zero-order valence-electron chi connectivity index (χ0n) is 15.0. The normalized spacial score (nSPS) is 22.3. The Bertz CT molecular complexity index is 729. The number of nitrogens with one attached hydrogen (secondary N) is 2. The first-order valence-corrected chi connectivity index (χ1v) is 8.84. The van der Waals surface area contributed by atoms with Crippen molar-refractivity contribution in [2.75, 3.05) is 11.9 Å². The molecule has 1 aromatic carbocycles. The van der Waals surface area contributed by atoms with Gasteiger partial charge in [0.15, 0.2) is 0 Å². The largest absolute Gasteiger partial charge is 0.325 e. The summed E-state index contributed by atoms with van der Waals surface area (Å²) in [5.74, 6) is -0.444. The quantitative estimate of drug-likeness (QED) is 0.806. The number of benzene rings is 1. The third-order valence-corrected chi connectivity index (χ3v) is 4.85. The number of nitrogens with zero attached hydrogens (tertiary/aromatic N) is 1. The summed E-state index contributed by atoms with van der Waals surface area (Å²) in [4.78, 5) is 38.0. The Hall–Kier alpha value is -2.37. The van der Waals surface area contributed by atoms with Gasteiger partial charge in [-0.3, -0.25) is 14.5 Å². The minimum Gasteiger partial charge on any atom is -0.325 e. The Morgan fingerprint density at radius 2 is 2.00 bits per heavy atom. The number of anilines is 1. The van der Waals surface area contributed by atoms with Crippen molar-refractivity contribution in [2.45, 2.75) is 52.0 Å². The average molecular weight is 343 g/mol. The third kappa shape index (κ3) is 3.52. The van der Waals surface area contributed by atoms with Gasteiger partial charge in [-0.25, -0.2) is 4.79 Å². The summed E-state index contributed by atoms with van der Waals surface area (Å²) >= 11 is 0. The molecule has 134 valence electrons. The molecule has 0 bridgehead atoms. The molecule has 6 nitrogen and oxygen atoms in total. The molecule has 1 aliphatic carbocycles. The number of imide groups is 1. The van der Waals surface area contributed by atoms with E-state index in [1.807, 2.05) is 32.0 Å². The lowest BCUT2D eigenvalue weighted by Crippen LogP contribution is -2.45. The number of carbonyl (C=O) groups is 3. The number of hydrogen-bond donors (Lipinski definition) is 2. The van der Waals surface area contributed by atoms with E-state index in [1.54, 1.807) is 6.92 Å². The molecule has 1 heterocycles. The Kier molecular flexibility index (Phi) is 4.54. The van der Waals surface area contributed by atoms with Crippen LogP contribution in [0.3, 0.4) is 0 Å². The molecule has 0 saturated carbocycles. The zero-order valence-corrected chi connectivity index (χ0v) is 15.0. The van der Waals surface area contributed by atoms with E-state index in [1.165, 1.54) is 11.1 Å². The summed E-state index contributed by atoms with van der Waals surface area (Å²) in [5, 5.41) is 5.52. The smallest absolute Gasteiger partial charge is 0.325 e. The number of amides is 4. The molecule has 0 unspecified atom stereocenters. The molecule has 0 radical (unpaired) electrons. The number of fused-ring (bicyclic) bond motifs is 1. The van der Waals surface area contributed by atoms with Gasteiger partial charge in [0.1, 0.15) is 12.1 Å². The van der Waals surface area contributed by atoms with Crippen LogP contribution in [-0.2, 0) is 22.4 Å². The molecule has 1 saturated heterocycles. The highest BCUT2D eigenvalue weighted by Gasteiger charge is 2.48. The van der Waals surface area contributed by atoms with Crippen LogP contribution in [0.2, 0.25) is 0 Å². The maximum absolute atomic E-state index is 12.6. The van der Waals surface area contributed by atoms with Crippen LogP contribution in [0, 0.1) is 5.92 Å². The Labute approximate surface area is 148 Å². The third-order valence-electron chi connectivity index (χ3n) is 4.85. The van der Waals surface area contributed by atoms with Crippen LogP contribution in [-0.4, -0.2) is 34.8 Å².